The monoisotopic (exact) mass is 713 g/mol. The van der Waals surface area contributed by atoms with Gasteiger partial charge in [0, 0.05) is 23.9 Å². The van der Waals surface area contributed by atoms with Gasteiger partial charge in [-0.3, -0.25) is 0 Å². The molecule has 0 unspecified atom stereocenters. The first kappa shape index (κ1) is 26.3. The summed E-state index contributed by atoms with van der Waals surface area (Å²) in [6, 6.07) is 45.6. The Morgan fingerprint density at radius 3 is 1.32 bits per heavy atom. The number of para-hydroxylation sites is 6. The maximum absolute atomic E-state index is 5.93. The molecule has 6 aromatic rings. The molecule has 0 bridgehead atoms. The Kier molecular flexibility index (Phi) is 7.48. The Morgan fingerprint density at radius 1 is 0.463 bits per heavy atom. The normalized spacial score (nSPS) is 12.0. The third-order valence-electron chi connectivity index (χ3n) is 6.45. The van der Waals surface area contributed by atoms with Crippen LogP contribution in [0.2, 0.25) is 0 Å². The zero-order valence-electron chi connectivity index (χ0n) is 21.6. The van der Waals surface area contributed by atoms with Gasteiger partial charge in [0.25, 0.3) is 0 Å². The molecule has 41 heavy (non-hydrogen) atoms. The standard InChI is InChI=1S/2C17H11N2O.Pt/c2*1-3-9-15-13(7-1)19(17-11-5-6-12-18-17)14-8-2-4-10-16(14)20-15;/h2*1-7,9-12H;/q2*-1;+2. The molecule has 200 valence electrons. The summed E-state index contributed by atoms with van der Waals surface area (Å²) in [5.41, 5.74) is 3.71. The topological polar surface area (TPSA) is 50.7 Å². The first-order chi connectivity index (χ1) is 19.9. The number of benzene rings is 4. The molecule has 2 aromatic heterocycles. The van der Waals surface area contributed by atoms with Crippen LogP contribution in [0.3, 0.4) is 0 Å². The summed E-state index contributed by atoms with van der Waals surface area (Å²) in [7, 11) is 0. The number of fused-ring (bicyclic) bond motifs is 4. The molecule has 6 nitrogen and oxygen atoms in total. The van der Waals surface area contributed by atoms with Crippen LogP contribution >= 0.6 is 0 Å². The van der Waals surface area contributed by atoms with Gasteiger partial charge in [0.05, 0.1) is 11.4 Å². The Hall–Kier alpha value is -4.93. The first-order valence-corrected chi connectivity index (χ1v) is 12.8. The molecule has 8 rings (SSSR count). The Bertz CT molecular complexity index is 1560. The molecule has 0 N–H and O–H groups in total. The molecule has 2 aliphatic rings. The summed E-state index contributed by atoms with van der Waals surface area (Å²) in [5, 5.41) is 0. The average Bonchev–Trinajstić information content (AvgIpc) is 3.03. The van der Waals surface area contributed by atoms with Crippen molar-refractivity contribution in [1.82, 2.24) is 9.97 Å². The molecule has 0 spiro atoms. The fraction of sp³-hybridized carbons (Fsp3) is 0. The number of rotatable bonds is 2. The van der Waals surface area contributed by atoms with Crippen molar-refractivity contribution in [2.45, 2.75) is 0 Å². The molecular formula is C34H22N4O2Pt. The minimum absolute atomic E-state index is 0. The van der Waals surface area contributed by atoms with Crippen LogP contribution < -0.4 is 19.3 Å². The van der Waals surface area contributed by atoms with Crippen molar-refractivity contribution in [3.63, 3.8) is 0 Å². The number of ether oxygens (including phenoxy) is 2. The van der Waals surface area contributed by atoms with Gasteiger partial charge in [0.15, 0.2) is 0 Å². The number of pyridine rings is 2. The number of hydrogen-bond acceptors (Lipinski definition) is 6. The maximum Gasteiger partial charge on any atom is 2.00 e. The number of aromatic nitrogens is 2. The second-order valence-electron chi connectivity index (χ2n) is 8.95. The van der Waals surface area contributed by atoms with E-state index in [0.717, 1.165) is 57.4 Å². The maximum atomic E-state index is 5.93. The van der Waals surface area contributed by atoms with Crippen LogP contribution in [0.4, 0.5) is 34.4 Å². The molecule has 0 atom stereocenters. The van der Waals surface area contributed by atoms with Crippen LogP contribution in [0.5, 0.6) is 23.0 Å². The third-order valence-corrected chi connectivity index (χ3v) is 6.45. The van der Waals surface area contributed by atoms with E-state index in [-0.39, 0.29) is 21.1 Å². The van der Waals surface area contributed by atoms with Crippen LogP contribution in [0.1, 0.15) is 0 Å². The fourth-order valence-corrected chi connectivity index (χ4v) is 4.72. The molecule has 0 radical (unpaired) electrons. The molecule has 0 aliphatic carbocycles. The van der Waals surface area contributed by atoms with Crippen molar-refractivity contribution in [3.05, 3.63) is 146 Å². The Labute approximate surface area is 252 Å². The molecular weight excluding hydrogens is 691 g/mol. The van der Waals surface area contributed by atoms with Gasteiger partial charge in [-0.25, -0.2) is 9.97 Å². The molecule has 0 saturated heterocycles. The SMILES string of the molecule is [Pt+2].[c-]1cccc2c1N(c1ccccn1)c1ccccc1O2.[c-]1cccc2c1N(c1ccccn1)c1ccccc1O2. The number of anilines is 6. The van der Waals surface area contributed by atoms with E-state index in [1.807, 2.05) is 121 Å². The molecule has 4 aromatic carbocycles. The van der Waals surface area contributed by atoms with E-state index in [9.17, 15) is 0 Å². The molecule has 0 fully saturated rings. The Balaban J connectivity index is 0.000000144. The van der Waals surface area contributed by atoms with Crippen LogP contribution in [-0.4, -0.2) is 9.97 Å². The van der Waals surface area contributed by atoms with Crippen molar-refractivity contribution in [3.8, 4) is 23.0 Å². The number of nitrogens with zero attached hydrogens (tertiary/aromatic N) is 4. The fourth-order valence-electron chi connectivity index (χ4n) is 4.72. The second kappa shape index (κ2) is 11.7. The molecule has 0 amide bonds. The van der Waals surface area contributed by atoms with E-state index in [1.54, 1.807) is 12.4 Å². The summed E-state index contributed by atoms with van der Waals surface area (Å²) >= 11 is 0. The van der Waals surface area contributed by atoms with Gasteiger partial charge in [0.1, 0.15) is 23.1 Å². The van der Waals surface area contributed by atoms with E-state index in [2.05, 4.69) is 31.9 Å². The van der Waals surface area contributed by atoms with E-state index < -0.39 is 0 Å². The average molecular weight is 714 g/mol. The summed E-state index contributed by atoms with van der Waals surface area (Å²) < 4.78 is 11.9. The third kappa shape index (κ3) is 5.06. The molecule has 0 saturated carbocycles. The van der Waals surface area contributed by atoms with Gasteiger partial charge in [-0.05, 0) is 59.9 Å². The van der Waals surface area contributed by atoms with E-state index in [1.165, 1.54) is 0 Å². The van der Waals surface area contributed by atoms with Gasteiger partial charge in [-0.1, -0.05) is 36.4 Å². The summed E-state index contributed by atoms with van der Waals surface area (Å²) in [6.07, 6.45) is 3.58. The zero-order valence-corrected chi connectivity index (χ0v) is 23.9. The van der Waals surface area contributed by atoms with E-state index >= 15 is 0 Å². The number of hydrogen-bond donors (Lipinski definition) is 0. The van der Waals surface area contributed by atoms with Gasteiger partial charge in [-0.15, -0.1) is 12.1 Å². The van der Waals surface area contributed by atoms with Crippen LogP contribution in [0.25, 0.3) is 0 Å². The van der Waals surface area contributed by atoms with Crippen molar-refractivity contribution in [2.75, 3.05) is 9.80 Å². The minimum atomic E-state index is 0. The van der Waals surface area contributed by atoms with E-state index in [0.29, 0.717) is 0 Å². The second-order valence-corrected chi connectivity index (χ2v) is 8.95. The molecule has 7 heteroatoms. The van der Waals surface area contributed by atoms with Crippen molar-refractivity contribution in [2.24, 2.45) is 0 Å². The summed E-state index contributed by atoms with van der Waals surface area (Å²) in [6.45, 7) is 0. The Morgan fingerprint density at radius 2 is 0.878 bits per heavy atom. The van der Waals surface area contributed by atoms with Crippen LogP contribution in [0.15, 0.2) is 134 Å². The quantitative estimate of drug-likeness (QED) is 0.167. The largest absolute Gasteiger partial charge is 2.00 e. The van der Waals surface area contributed by atoms with Gasteiger partial charge in [0.2, 0.25) is 0 Å². The van der Waals surface area contributed by atoms with Crippen molar-refractivity contribution < 1.29 is 30.5 Å². The van der Waals surface area contributed by atoms with Crippen LogP contribution in [-0.2, 0) is 21.1 Å². The van der Waals surface area contributed by atoms with Gasteiger partial charge in [-0.2, -0.15) is 36.4 Å². The molecule has 4 heterocycles. The van der Waals surface area contributed by atoms with E-state index in [4.69, 9.17) is 9.47 Å². The van der Waals surface area contributed by atoms with Crippen molar-refractivity contribution in [1.29, 1.82) is 0 Å². The van der Waals surface area contributed by atoms with Crippen LogP contribution in [0, 0.1) is 12.1 Å². The molecule has 2 aliphatic heterocycles. The van der Waals surface area contributed by atoms with Gasteiger partial charge < -0.3 is 19.3 Å². The smallest absolute Gasteiger partial charge is 0.513 e. The summed E-state index contributed by atoms with van der Waals surface area (Å²) in [5.74, 6) is 4.93. The summed E-state index contributed by atoms with van der Waals surface area (Å²) in [4.78, 5) is 13.0. The predicted octanol–water partition coefficient (Wildman–Crippen LogP) is 8.91. The van der Waals surface area contributed by atoms with Gasteiger partial charge >= 0.3 is 21.1 Å². The first-order valence-electron chi connectivity index (χ1n) is 12.8. The minimum Gasteiger partial charge on any atom is -0.513 e. The predicted molar refractivity (Wildman–Crippen MR) is 156 cm³/mol. The van der Waals surface area contributed by atoms with Crippen molar-refractivity contribution >= 4 is 34.4 Å². The zero-order chi connectivity index (χ0) is 26.7.